The molecule has 2 N–H and O–H groups in total. The lowest BCUT2D eigenvalue weighted by molar-refractivity contribution is 0.260. The summed E-state index contributed by atoms with van der Waals surface area (Å²) in [5.41, 5.74) is 6.39. The lowest BCUT2D eigenvalue weighted by Gasteiger charge is -2.20. The van der Waals surface area contributed by atoms with E-state index in [9.17, 15) is 0 Å². The fourth-order valence-corrected chi connectivity index (χ4v) is 1.94. The molecule has 1 rings (SSSR count). The van der Waals surface area contributed by atoms with Gasteiger partial charge >= 0.3 is 0 Å². The third kappa shape index (κ3) is 2.23. The highest BCUT2D eigenvalue weighted by atomic mass is 15.1. The van der Waals surface area contributed by atoms with E-state index >= 15 is 0 Å². The summed E-state index contributed by atoms with van der Waals surface area (Å²) in [7, 11) is 2.19. The van der Waals surface area contributed by atoms with Crippen LogP contribution < -0.4 is 5.73 Å². The molecule has 0 heterocycles. The molecule has 0 bridgehead atoms. The Morgan fingerprint density at radius 3 is 2.15 bits per heavy atom. The van der Waals surface area contributed by atoms with Crippen molar-refractivity contribution >= 4 is 0 Å². The number of nitrogens with two attached hydrogens (primary N) is 1. The molecule has 0 aromatic heterocycles. The zero-order valence-corrected chi connectivity index (χ0v) is 9.67. The van der Waals surface area contributed by atoms with Gasteiger partial charge in [-0.25, -0.2) is 0 Å². The van der Waals surface area contributed by atoms with Crippen LogP contribution in [0.3, 0.4) is 0 Å². The average molecular weight is 184 g/mol. The van der Waals surface area contributed by atoms with Crippen molar-refractivity contribution in [3.63, 3.8) is 0 Å². The summed E-state index contributed by atoms with van der Waals surface area (Å²) in [4.78, 5) is 2.39. The molecule has 2 heteroatoms. The van der Waals surface area contributed by atoms with Crippen LogP contribution in [0.25, 0.3) is 0 Å². The van der Waals surface area contributed by atoms with Crippen molar-refractivity contribution in [1.29, 1.82) is 0 Å². The molecule has 0 saturated heterocycles. The van der Waals surface area contributed by atoms with E-state index in [0.717, 1.165) is 5.92 Å². The lowest BCUT2D eigenvalue weighted by Crippen LogP contribution is -2.27. The van der Waals surface area contributed by atoms with E-state index in [2.05, 4.69) is 39.6 Å². The summed E-state index contributed by atoms with van der Waals surface area (Å²) in [6.45, 7) is 10.2. The number of rotatable bonds is 4. The fraction of sp³-hybridized carbons (Fsp3) is 1.00. The molecule has 1 aliphatic carbocycles. The zero-order valence-electron chi connectivity index (χ0n) is 9.67. The number of hydrogen-bond acceptors (Lipinski definition) is 2. The minimum absolute atomic E-state index is 0.401. The van der Waals surface area contributed by atoms with Crippen molar-refractivity contribution in [2.45, 2.75) is 46.2 Å². The molecule has 2 unspecified atom stereocenters. The molecule has 0 radical (unpaired) electrons. The van der Waals surface area contributed by atoms with Gasteiger partial charge in [-0.15, -0.1) is 0 Å². The van der Waals surface area contributed by atoms with Crippen LogP contribution in [0.4, 0.5) is 0 Å². The molecule has 1 aliphatic rings. The van der Waals surface area contributed by atoms with E-state index < -0.39 is 0 Å². The van der Waals surface area contributed by atoms with Crippen molar-refractivity contribution in [2.75, 3.05) is 13.6 Å². The Balaban J connectivity index is 2.22. The van der Waals surface area contributed by atoms with Crippen molar-refractivity contribution in [1.82, 2.24) is 4.90 Å². The minimum atomic E-state index is 0.401. The topological polar surface area (TPSA) is 29.3 Å². The first kappa shape index (κ1) is 11.0. The maximum atomic E-state index is 5.99. The van der Waals surface area contributed by atoms with E-state index in [1.807, 2.05) is 0 Å². The Morgan fingerprint density at radius 2 is 1.85 bits per heavy atom. The SMILES string of the molecule is CC(C)N(C)CCC1C(N)C1(C)C. The van der Waals surface area contributed by atoms with Crippen LogP contribution in [0.5, 0.6) is 0 Å². The van der Waals surface area contributed by atoms with Crippen LogP contribution in [0.1, 0.15) is 34.1 Å². The second kappa shape index (κ2) is 3.58. The number of nitrogens with zero attached hydrogens (tertiary/aromatic N) is 1. The first-order chi connectivity index (χ1) is 5.87. The Morgan fingerprint density at radius 1 is 1.38 bits per heavy atom. The maximum absolute atomic E-state index is 5.99. The van der Waals surface area contributed by atoms with Gasteiger partial charge in [-0.2, -0.15) is 0 Å². The maximum Gasteiger partial charge on any atom is 0.0128 e. The lowest BCUT2D eigenvalue weighted by atomic mass is 10.1. The second-order valence-corrected chi connectivity index (χ2v) is 5.32. The quantitative estimate of drug-likeness (QED) is 0.720. The molecule has 2 atom stereocenters. The van der Waals surface area contributed by atoms with Crippen molar-refractivity contribution in [3.8, 4) is 0 Å². The van der Waals surface area contributed by atoms with Crippen LogP contribution in [-0.4, -0.2) is 30.6 Å². The second-order valence-electron chi connectivity index (χ2n) is 5.32. The van der Waals surface area contributed by atoms with E-state index in [0.29, 0.717) is 17.5 Å². The summed E-state index contributed by atoms with van der Waals surface area (Å²) in [5, 5.41) is 0. The Kier molecular flexibility index (Phi) is 3.03. The van der Waals surface area contributed by atoms with Gasteiger partial charge < -0.3 is 10.6 Å². The molecular formula is C11H24N2. The van der Waals surface area contributed by atoms with Crippen LogP contribution in [0.2, 0.25) is 0 Å². The van der Waals surface area contributed by atoms with Gasteiger partial charge in [0, 0.05) is 12.1 Å². The van der Waals surface area contributed by atoms with E-state index in [1.165, 1.54) is 13.0 Å². The average Bonchev–Trinajstić information content (AvgIpc) is 2.48. The van der Waals surface area contributed by atoms with Crippen LogP contribution in [0, 0.1) is 11.3 Å². The highest BCUT2D eigenvalue weighted by Crippen LogP contribution is 2.52. The molecular weight excluding hydrogens is 160 g/mol. The monoisotopic (exact) mass is 184 g/mol. The smallest absolute Gasteiger partial charge is 0.0128 e. The zero-order chi connectivity index (χ0) is 10.2. The van der Waals surface area contributed by atoms with Crippen molar-refractivity contribution < 1.29 is 0 Å². The highest BCUT2D eigenvalue weighted by Gasteiger charge is 2.54. The van der Waals surface area contributed by atoms with Gasteiger partial charge in [0.2, 0.25) is 0 Å². The van der Waals surface area contributed by atoms with Gasteiger partial charge in [-0.1, -0.05) is 13.8 Å². The largest absolute Gasteiger partial charge is 0.327 e. The summed E-state index contributed by atoms with van der Waals surface area (Å²) in [5.74, 6) is 0.744. The Hall–Kier alpha value is -0.0800. The third-order valence-electron chi connectivity index (χ3n) is 3.81. The van der Waals surface area contributed by atoms with Crippen molar-refractivity contribution in [3.05, 3.63) is 0 Å². The summed E-state index contributed by atoms with van der Waals surface area (Å²) >= 11 is 0. The normalized spacial score (nSPS) is 31.4. The van der Waals surface area contributed by atoms with Gasteiger partial charge in [-0.3, -0.25) is 0 Å². The molecule has 2 nitrogen and oxygen atoms in total. The molecule has 0 amide bonds. The van der Waals surface area contributed by atoms with E-state index in [4.69, 9.17) is 5.73 Å². The van der Waals surface area contributed by atoms with Crippen LogP contribution >= 0.6 is 0 Å². The minimum Gasteiger partial charge on any atom is -0.327 e. The molecule has 0 aromatic carbocycles. The first-order valence-corrected chi connectivity index (χ1v) is 5.33. The standard InChI is InChI=1S/C11H24N2/c1-8(2)13(5)7-6-9-10(12)11(9,3)4/h8-10H,6-7,12H2,1-5H3. The van der Waals surface area contributed by atoms with Gasteiger partial charge in [-0.05, 0) is 45.2 Å². The van der Waals surface area contributed by atoms with Gasteiger partial charge in [0.15, 0.2) is 0 Å². The molecule has 0 aliphatic heterocycles. The van der Waals surface area contributed by atoms with Gasteiger partial charge in [0.25, 0.3) is 0 Å². The highest BCUT2D eigenvalue weighted by molar-refractivity contribution is 5.08. The van der Waals surface area contributed by atoms with Crippen molar-refractivity contribution in [2.24, 2.45) is 17.1 Å². The summed E-state index contributed by atoms with van der Waals surface area (Å²) in [6.07, 6.45) is 1.25. The van der Waals surface area contributed by atoms with Crippen LogP contribution in [0.15, 0.2) is 0 Å². The van der Waals surface area contributed by atoms with Gasteiger partial charge in [0.05, 0.1) is 0 Å². The number of hydrogen-bond donors (Lipinski definition) is 1. The van der Waals surface area contributed by atoms with E-state index in [1.54, 1.807) is 0 Å². The fourth-order valence-electron chi connectivity index (χ4n) is 1.94. The Labute approximate surface area is 82.5 Å². The Bertz CT molecular complexity index is 175. The molecule has 13 heavy (non-hydrogen) atoms. The summed E-state index contributed by atoms with van der Waals surface area (Å²) < 4.78 is 0. The molecule has 78 valence electrons. The third-order valence-corrected chi connectivity index (χ3v) is 3.81. The van der Waals surface area contributed by atoms with E-state index in [-0.39, 0.29) is 0 Å². The first-order valence-electron chi connectivity index (χ1n) is 5.33. The molecule has 0 spiro atoms. The van der Waals surface area contributed by atoms with Gasteiger partial charge in [0.1, 0.15) is 0 Å². The summed E-state index contributed by atoms with van der Waals surface area (Å²) in [6, 6.07) is 1.09. The predicted molar refractivity (Wildman–Crippen MR) is 57.6 cm³/mol. The molecule has 1 saturated carbocycles. The molecule has 0 aromatic rings. The predicted octanol–water partition coefficient (Wildman–Crippen LogP) is 1.70. The van der Waals surface area contributed by atoms with Crippen LogP contribution in [-0.2, 0) is 0 Å². The molecule has 1 fully saturated rings.